The highest BCUT2D eigenvalue weighted by molar-refractivity contribution is 6.31. The topological polar surface area (TPSA) is 12.0 Å². The summed E-state index contributed by atoms with van der Waals surface area (Å²) >= 11 is 6.15. The van der Waals surface area contributed by atoms with Crippen molar-refractivity contribution in [1.29, 1.82) is 0 Å². The molecule has 0 aromatic heterocycles. The molecule has 1 nitrogen and oxygen atoms in total. The summed E-state index contributed by atoms with van der Waals surface area (Å²) in [5.41, 5.74) is 1.28. The summed E-state index contributed by atoms with van der Waals surface area (Å²) in [6.45, 7) is 7.90. The average molecular weight is 312 g/mol. The zero-order valence-corrected chi connectivity index (χ0v) is 14.1. The Morgan fingerprint density at radius 3 is 2.81 bits per heavy atom. The standard InChI is InChI=1S/C18H27ClFN/c1-4-11-21-16(14-8-6-10-18(14,2)3)12-13-7-5-9-15(20)17(13)19/h5,7,9,14,16,21H,4,6,8,10-12H2,1-3H3. The molecule has 1 fully saturated rings. The van der Waals surface area contributed by atoms with Crippen molar-refractivity contribution in [2.75, 3.05) is 6.54 Å². The molecule has 2 unspecified atom stereocenters. The predicted octanol–water partition coefficient (Wildman–Crippen LogP) is 5.22. The molecule has 0 amide bonds. The maximum absolute atomic E-state index is 13.7. The van der Waals surface area contributed by atoms with Gasteiger partial charge in [0.1, 0.15) is 5.82 Å². The van der Waals surface area contributed by atoms with E-state index in [0.717, 1.165) is 24.9 Å². The van der Waals surface area contributed by atoms with E-state index in [9.17, 15) is 4.39 Å². The highest BCUT2D eigenvalue weighted by atomic mass is 35.5. The Kier molecular flexibility index (Phi) is 5.67. The lowest BCUT2D eigenvalue weighted by molar-refractivity contribution is 0.195. The lowest BCUT2D eigenvalue weighted by Crippen LogP contribution is -2.42. The molecule has 21 heavy (non-hydrogen) atoms. The molecule has 0 saturated heterocycles. The van der Waals surface area contributed by atoms with E-state index in [-0.39, 0.29) is 10.8 Å². The van der Waals surface area contributed by atoms with E-state index in [1.165, 1.54) is 25.3 Å². The monoisotopic (exact) mass is 311 g/mol. The zero-order chi connectivity index (χ0) is 15.5. The van der Waals surface area contributed by atoms with Crippen molar-refractivity contribution in [2.45, 2.75) is 58.9 Å². The van der Waals surface area contributed by atoms with Crippen LogP contribution in [0.1, 0.15) is 52.0 Å². The van der Waals surface area contributed by atoms with Gasteiger partial charge in [-0.15, -0.1) is 0 Å². The molecule has 2 rings (SSSR count). The van der Waals surface area contributed by atoms with Gasteiger partial charge in [-0.2, -0.15) is 0 Å². The van der Waals surface area contributed by atoms with Crippen LogP contribution in [0.4, 0.5) is 4.39 Å². The Bertz CT molecular complexity index is 472. The first-order valence-electron chi connectivity index (χ1n) is 8.12. The van der Waals surface area contributed by atoms with E-state index in [2.05, 4.69) is 26.1 Å². The smallest absolute Gasteiger partial charge is 0.142 e. The number of benzene rings is 1. The molecule has 0 heterocycles. The molecule has 1 saturated carbocycles. The van der Waals surface area contributed by atoms with Crippen LogP contribution in [-0.2, 0) is 6.42 Å². The third kappa shape index (κ3) is 3.98. The van der Waals surface area contributed by atoms with E-state index in [1.807, 2.05) is 6.07 Å². The van der Waals surface area contributed by atoms with Crippen molar-refractivity contribution in [1.82, 2.24) is 5.32 Å². The minimum atomic E-state index is -0.311. The van der Waals surface area contributed by atoms with Gasteiger partial charge in [0.2, 0.25) is 0 Å². The average Bonchev–Trinajstić information content (AvgIpc) is 2.79. The number of halogens is 2. The summed E-state index contributed by atoms with van der Waals surface area (Å²) in [6.07, 6.45) is 5.74. The van der Waals surface area contributed by atoms with Gasteiger partial charge in [-0.1, -0.05) is 50.9 Å². The lowest BCUT2D eigenvalue weighted by atomic mass is 9.76. The van der Waals surface area contributed by atoms with Crippen LogP contribution >= 0.6 is 11.6 Å². The van der Waals surface area contributed by atoms with Crippen LogP contribution in [0.15, 0.2) is 18.2 Å². The molecule has 0 radical (unpaired) electrons. The lowest BCUT2D eigenvalue weighted by Gasteiger charge is -2.35. The molecule has 1 N–H and O–H groups in total. The fourth-order valence-corrected chi connectivity index (χ4v) is 3.93. The molecule has 1 aromatic carbocycles. The van der Waals surface area contributed by atoms with E-state index in [1.54, 1.807) is 6.07 Å². The Morgan fingerprint density at radius 1 is 1.43 bits per heavy atom. The molecular formula is C18H27ClFN. The molecule has 1 aliphatic rings. The second-order valence-electron chi connectivity index (χ2n) is 6.96. The van der Waals surface area contributed by atoms with Crippen LogP contribution in [0.25, 0.3) is 0 Å². The molecule has 3 heteroatoms. The van der Waals surface area contributed by atoms with Gasteiger partial charge < -0.3 is 5.32 Å². The molecule has 1 aliphatic carbocycles. The van der Waals surface area contributed by atoms with Gasteiger partial charge >= 0.3 is 0 Å². The van der Waals surface area contributed by atoms with Crippen molar-refractivity contribution in [3.05, 3.63) is 34.6 Å². The summed E-state index contributed by atoms with van der Waals surface area (Å²) in [5, 5.41) is 3.97. The van der Waals surface area contributed by atoms with Gasteiger partial charge in [0.05, 0.1) is 5.02 Å². The Morgan fingerprint density at radius 2 is 2.19 bits per heavy atom. The van der Waals surface area contributed by atoms with Crippen LogP contribution in [0, 0.1) is 17.2 Å². The molecule has 2 atom stereocenters. The van der Waals surface area contributed by atoms with Crippen molar-refractivity contribution in [2.24, 2.45) is 11.3 Å². The van der Waals surface area contributed by atoms with Gasteiger partial charge in [0.15, 0.2) is 0 Å². The summed E-state index contributed by atoms with van der Waals surface area (Å²) in [7, 11) is 0. The molecule has 0 spiro atoms. The third-order valence-electron chi connectivity index (χ3n) is 4.95. The molecule has 0 bridgehead atoms. The largest absolute Gasteiger partial charge is 0.313 e. The Balaban J connectivity index is 2.18. The number of hydrogen-bond donors (Lipinski definition) is 1. The number of rotatable bonds is 6. The Hall–Kier alpha value is -0.600. The minimum Gasteiger partial charge on any atom is -0.313 e. The van der Waals surface area contributed by atoms with E-state index in [0.29, 0.717) is 17.4 Å². The summed E-state index contributed by atoms with van der Waals surface area (Å²) < 4.78 is 13.7. The molecule has 118 valence electrons. The molecular weight excluding hydrogens is 285 g/mol. The van der Waals surface area contributed by atoms with Gasteiger partial charge in [-0.05, 0) is 55.2 Å². The van der Waals surface area contributed by atoms with Gasteiger partial charge in [-0.3, -0.25) is 0 Å². The van der Waals surface area contributed by atoms with Crippen LogP contribution in [0.2, 0.25) is 5.02 Å². The molecule has 0 aliphatic heterocycles. The highest BCUT2D eigenvalue weighted by Gasteiger charge is 2.39. The van der Waals surface area contributed by atoms with Crippen molar-refractivity contribution >= 4 is 11.6 Å². The van der Waals surface area contributed by atoms with Crippen LogP contribution in [0.3, 0.4) is 0 Å². The highest BCUT2D eigenvalue weighted by Crippen LogP contribution is 2.45. The summed E-state index contributed by atoms with van der Waals surface area (Å²) in [4.78, 5) is 0. The van der Waals surface area contributed by atoms with Gasteiger partial charge in [0, 0.05) is 6.04 Å². The van der Waals surface area contributed by atoms with Crippen molar-refractivity contribution < 1.29 is 4.39 Å². The van der Waals surface area contributed by atoms with E-state index < -0.39 is 0 Å². The van der Waals surface area contributed by atoms with Crippen LogP contribution in [-0.4, -0.2) is 12.6 Å². The normalized spacial score (nSPS) is 22.4. The maximum atomic E-state index is 13.7. The van der Waals surface area contributed by atoms with Crippen molar-refractivity contribution in [3.63, 3.8) is 0 Å². The second kappa shape index (κ2) is 7.11. The first kappa shape index (κ1) is 16.8. The number of nitrogens with one attached hydrogen (secondary N) is 1. The van der Waals surface area contributed by atoms with Gasteiger partial charge in [-0.25, -0.2) is 4.39 Å². The fourth-order valence-electron chi connectivity index (χ4n) is 3.73. The first-order valence-corrected chi connectivity index (χ1v) is 8.49. The quantitative estimate of drug-likeness (QED) is 0.760. The number of hydrogen-bond acceptors (Lipinski definition) is 1. The van der Waals surface area contributed by atoms with Crippen LogP contribution in [0.5, 0.6) is 0 Å². The van der Waals surface area contributed by atoms with Gasteiger partial charge in [0.25, 0.3) is 0 Å². The summed E-state index contributed by atoms with van der Waals surface area (Å²) in [5.74, 6) is 0.317. The van der Waals surface area contributed by atoms with E-state index in [4.69, 9.17) is 11.6 Å². The van der Waals surface area contributed by atoms with Crippen LogP contribution < -0.4 is 5.32 Å². The SMILES string of the molecule is CCCNC(Cc1cccc(F)c1Cl)C1CCCC1(C)C. The van der Waals surface area contributed by atoms with E-state index >= 15 is 0 Å². The third-order valence-corrected chi connectivity index (χ3v) is 5.38. The Labute approximate surface area is 133 Å². The second-order valence-corrected chi connectivity index (χ2v) is 7.34. The predicted molar refractivity (Wildman–Crippen MR) is 88.3 cm³/mol. The summed E-state index contributed by atoms with van der Waals surface area (Å²) in [6, 6.07) is 5.52. The minimum absolute atomic E-state index is 0.289. The fraction of sp³-hybridized carbons (Fsp3) is 0.667. The van der Waals surface area contributed by atoms with Crippen molar-refractivity contribution in [3.8, 4) is 0 Å². The molecule has 1 aromatic rings. The first-order chi connectivity index (χ1) is 9.95. The maximum Gasteiger partial charge on any atom is 0.142 e. The zero-order valence-electron chi connectivity index (χ0n) is 13.4.